The van der Waals surface area contributed by atoms with Crippen molar-refractivity contribution in [2.75, 3.05) is 6.61 Å². The molecule has 2 heterocycles. The van der Waals surface area contributed by atoms with Crippen LogP contribution in [0.3, 0.4) is 0 Å². The summed E-state index contributed by atoms with van der Waals surface area (Å²) in [7, 11) is 0. The lowest BCUT2D eigenvalue weighted by Gasteiger charge is -2.05. The molecule has 2 aromatic rings. The molecule has 4 nitrogen and oxygen atoms in total. The summed E-state index contributed by atoms with van der Waals surface area (Å²) < 4.78 is 6.83. The Morgan fingerprint density at radius 1 is 0.955 bits per heavy atom. The highest BCUT2D eigenvalue weighted by Crippen LogP contribution is 2.09. The van der Waals surface area contributed by atoms with Gasteiger partial charge in [-0.1, -0.05) is 12.1 Å². The number of ether oxygens (including phenoxy) is 1. The number of rotatable bonds is 7. The molecule has 0 aliphatic carbocycles. The van der Waals surface area contributed by atoms with E-state index >= 15 is 0 Å². The van der Waals surface area contributed by atoms with Crippen LogP contribution < -0.4 is 0 Å². The van der Waals surface area contributed by atoms with E-state index in [2.05, 4.69) is 41.8 Å². The van der Waals surface area contributed by atoms with Crippen molar-refractivity contribution in [3.05, 3.63) is 57.0 Å². The summed E-state index contributed by atoms with van der Waals surface area (Å²) in [6.07, 6.45) is 2.49. The molecule has 0 spiro atoms. The molecule has 0 N–H and O–H groups in total. The number of pyridine rings is 2. The van der Waals surface area contributed by atoms with Gasteiger partial charge in [0.15, 0.2) is 0 Å². The maximum absolute atomic E-state index is 11.7. The zero-order chi connectivity index (χ0) is 15.8. The summed E-state index contributed by atoms with van der Waals surface area (Å²) in [6, 6.07) is 11.5. The Kier molecular flexibility index (Phi) is 6.99. The molecule has 22 heavy (non-hydrogen) atoms. The van der Waals surface area contributed by atoms with Gasteiger partial charge in [-0.05, 0) is 69.0 Å². The van der Waals surface area contributed by atoms with Crippen molar-refractivity contribution >= 4 is 37.8 Å². The van der Waals surface area contributed by atoms with Crippen LogP contribution in [-0.4, -0.2) is 22.5 Å². The molecule has 6 heteroatoms. The van der Waals surface area contributed by atoms with Crippen LogP contribution in [0.1, 0.15) is 24.2 Å². The highest BCUT2D eigenvalue weighted by molar-refractivity contribution is 9.10. The SMILES string of the molecule is O=C(CCc1cccc(Br)n1)OCCCc1cccc(Br)n1. The summed E-state index contributed by atoms with van der Waals surface area (Å²) >= 11 is 6.65. The number of aryl methyl sites for hydroxylation is 2. The Morgan fingerprint density at radius 3 is 2.14 bits per heavy atom. The quantitative estimate of drug-likeness (QED) is 0.379. The van der Waals surface area contributed by atoms with Gasteiger partial charge in [-0.3, -0.25) is 4.79 Å². The second-order valence-electron chi connectivity index (χ2n) is 4.73. The van der Waals surface area contributed by atoms with Gasteiger partial charge in [0.1, 0.15) is 9.21 Å². The molecule has 116 valence electrons. The molecule has 0 aliphatic heterocycles. The smallest absolute Gasteiger partial charge is 0.306 e. The number of hydrogen-bond acceptors (Lipinski definition) is 4. The van der Waals surface area contributed by atoms with E-state index in [1.165, 1.54) is 0 Å². The standard InChI is InChI=1S/C16H16Br2N2O2/c17-14-7-1-4-12(19-14)6-3-11-22-16(21)10-9-13-5-2-8-15(18)20-13/h1-2,4-5,7-8H,3,6,9-11H2. The fourth-order valence-corrected chi connectivity index (χ4v) is 2.68. The molecule has 0 aliphatic rings. The van der Waals surface area contributed by atoms with Gasteiger partial charge in [-0.15, -0.1) is 0 Å². The fourth-order valence-electron chi connectivity index (χ4n) is 1.92. The zero-order valence-electron chi connectivity index (χ0n) is 12.0. The maximum Gasteiger partial charge on any atom is 0.306 e. The van der Waals surface area contributed by atoms with E-state index in [9.17, 15) is 4.79 Å². The van der Waals surface area contributed by atoms with Crippen LogP contribution in [0.2, 0.25) is 0 Å². The summed E-state index contributed by atoms with van der Waals surface area (Å²) in [5, 5.41) is 0. The van der Waals surface area contributed by atoms with Gasteiger partial charge in [0.2, 0.25) is 0 Å². The lowest BCUT2D eigenvalue weighted by Crippen LogP contribution is -2.08. The highest BCUT2D eigenvalue weighted by atomic mass is 79.9. The molecule has 2 rings (SSSR count). The summed E-state index contributed by atoms with van der Waals surface area (Å²) in [4.78, 5) is 20.3. The Balaban J connectivity index is 1.63. The van der Waals surface area contributed by atoms with Crippen molar-refractivity contribution < 1.29 is 9.53 Å². The lowest BCUT2D eigenvalue weighted by molar-refractivity contribution is -0.143. The minimum absolute atomic E-state index is 0.191. The van der Waals surface area contributed by atoms with Crippen LogP contribution in [-0.2, 0) is 22.4 Å². The van der Waals surface area contributed by atoms with E-state index in [1.807, 2.05) is 36.4 Å². The van der Waals surface area contributed by atoms with Gasteiger partial charge < -0.3 is 4.74 Å². The van der Waals surface area contributed by atoms with Gasteiger partial charge in [-0.25, -0.2) is 9.97 Å². The lowest BCUT2D eigenvalue weighted by atomic mass is 10.2. The molecule has 0 aromatic carbocycles. The first-order chi connectivity index (χ1) is 10.6. The number of esters is 1. The Labute approximate surface area is 146 Å². The molecular formula is C16H16Br2N2O2. The first-order valence-electron chi connectivity index (χ1n) is 7.02. The number of halogens is 2. The van der Waals surface area contributed by atoms with Crippen LogP contribution in [0.5, 0.6) is 0 Å². The minimum atomic E-state index is -0.191. The van der Waals surface area contributed by atoms with Crippen LogP contribution in [0.15, 0.2) is 45.6 Å². The third-order valence-corrected chi connectivity index (χ3v) is 3.85. The van der Waals surface area contributed by atoms with E-state index in [-0.39, 0.29) is 5.97 Å². The van der Waals surface area contributed by atoms with Crippen molar-refractivity contribution in [3.8, 4) is 0 Å². The topological polar surface area (TPSA) is 52.1 Å². The predicted octanol–water partition coefficient (Wildman–Crippen LogP) is 4.11. The predicted molar refractivity (Wildman–Crippen MR) is 91.5 cm³/mol. The van der Waals surface area contributed by atoms with E-state index in [0.717, 1.165) is 33.4 Å². The molecular weight excluding hydrogens is 412 g/mol. The number of hydrogen-bond donors (Lipinski definition) is 0. The molecule has 0 unspecified atom stereocenters. The Hall–Kier alpha value is -1.27. The van der Waals surface area contributed by atoms with Gasteiger partial charge in [0, 0.05) is 17.8 Å². The summed E-state index contributed by atoms with van der Waals surface area (Å²) in [5.41, 5.74) is 1.87. The monoisotopic (exact) mass is 426 g/mol. The van der Waals surface area contributed by atoms with E-state index in [4.69, 9.17) is 4.74 Å². The van der Waals surface area contributed by atoms with E-state index in [1.54, 1.807) is 0 Å². The second kappa shape index (κ2) is 9.00. The normalized spacial score (nSPS) is 10.5. The molecule has 0 bridgehead atoms. The molecule has 0 radical (unpaired) electrons. The van der Waals surface area contributed by atoms with Crippen molar-refractivity contribution in [1.29, 1.82) is 0 Å². The van der Waals surface area contributed by atoms with E-state index in [0.29, 0.717) is 19.4 Å². The number of carbonyl (C=O) groups excluding carboxylic acids is 1. The van der Waals surface area contributed by atoms with Crippen molar-refractivity contribution in [1.82, 2.24) is 9.97 Å². The van der Waals surface area contributed by atoms with Crippen molar-refractivity contribution in [3.63, 3.8) is 0 Å². The fraction of sp³-hybridized carbons (Fsp3) is 0.312. The molecule has 0 saturated carbocycles. The Morgan fingerprint density at radius 2 is 1.55 bits per heavy atom. The molecule has 0 amide bonds. The molecule has 0 saturated heterocycles. The molecule has 0 atom stereocenters. The van der Waals surface area contributed by atoms with Crippen molar-refractivity contribution in [2.24, 2.45) is 0 Å². The maximum atomic E-state index is 11.7. The minimum Gasteiger partial charge on any atom is -0.466 e. The highest BCUT2D eigenvalue weighted by Gasteiger charge is 2.05. The first-order valence-corrected chi connectivity index (χ1v) is 8.60. The van der Waals surface area contributed by atoms with Gasteiger partial charge in [0.25, 0.3) is 0 Å². The van der Waals surface area contributed by atoms with Crippen LogP contribution in [0.25, 0.3) is 0 Å². The number of aromatic nitrogens is 2. The van der Waals surface area contributed by atoms with Gasteiger partial charge in [-0.2, -0.15) is 0 Å². The Bertz CT molecular complexity index is 635. The summed E-state index contributed by atoms with van der Waals surface area (Å²) in [6.45, 7) is 0.416. The summed E-state index contributed by atoms with van der Waals surface area (Å²) in [5.74, 6) is -0.191. The average molecular weight is 428 g/mol. The third-order valence-electron chi connectivity index (χ3n) is 2.97. The molecule has 2 aromatic heterocycles. The third kappa shape index (κ3) is 6.23. The van der Waals surface area contributed by atoms with Crippen LogP contribution in [0.4, 0.5) is 0 Å². The van der Waals surface area contributed by atoms with Gasteiger partial charge >= 0.3 is 5.97 Å². The zero-order valence-corrected chi connectivity index (χ0v) is 15.1. The largest absolute Gasteiger partial charge is 0.466 e. The van der Waals surface area contributed by atoms with E-state index < -0.39 is 0 Å². The number of carbonyl (C=O) groups is 1. The first kappa shape index (κ1) is 17.1. The van der Waals surface area contributed by atoms with Crippen LogP contribution >= 0.6 is 31.9 Å². The second-order valence-corrected chi connectivity index (χ2v) is 6.35. The van der Waals surface area contributed by atoms with Crippen molar-refractivity contribution in [2.45, 2.75) is 25.7 Å². The molecule has 0 fully saturated rings. The average Bonchev–Trinajstić information content (AvgIpc) is 2.50. The number of nitrogens with zero attached hydrogens (tertiary/aromatic N) is 2. The van der Waals surface area contributed by atoms with Gasteiger partial charge in [0.05, 0.1) is 13.0 Å². The van der Waals surface area contributed by atoms with Crippen LogP contribution in [0, 0.1) is 0 Å².